The van der Waals surface area contributed by atoms with Gasteiger partial charge in [0.05, 0.1) is 6.61 Å². The lowest BCUT2D eigenvalue weighted by Gasteiger charge is -2.16. The predicted molar refractivity (Wildman–Crippen MR) is 96.6 cm³/mol. The van der Waals surface area contributed by atoms with Crippen LogP contribution in [0, 0.1) is 0 Å². The first-order chi connectivity index (χ1) is 10.8. The normalized spacial score (nSPS) is 12.3. The lowest BCUT2D eigenvalue weighted by molar-refractivity contribution is -0.158. The van der Waals surface area contributed by atoms with Crippen LogP contribution in [0.4, 0.5) is 0 Å². The van der Waals surface area contributed by atoms with Crippen molar-refractivity contribution in [3.63, 3.8) is 0 Å². The topological polar surface area (TPSA) is 35.5 Å². The Labute approximate surface area is 145 Å². The number of carbonyl (C=O) groups is 1. The predicted octanol–water partition coefficient (Wildman–Crippen LogP) is 5.64. The van der Waals surface area contributed by atoms with Gasteiger partial charge in [0.25, 0.3) is 0 Å². The van der Waals surface area contributed by atoms with E-state index in [1.807, 2.05) is 0 Å². The standard InChI is InChI=1S/C18H35BrO3/c1-3-5-7-11-15-21-17(13-6-4-2)18(20)22-16-12-9-8-10-14-19/h17H,3-16H2,1-2H3. The molecule has 0 aromatic heterocycles. The second-order valence-corrected chi connectivity index (χ2v) is 6.63. The van der Waals surface area contributed by atoms with E-state index in [1.54, 1.807) is 0 Å². The summed E-state index contributed by atoms with van der Waals surface area (Å²) in [6.07, 6.45) is 11.6. The van der Waals surface area contributed by atoms with Gasteiger partial charge in [-0.15, -0.1) is 0 Å². The Morgan fingerprint density at radius 1 is 0.864 bits per heavy atom. The molecule has 22 heavy (non-hydrogen) atoms. The van der Waals surface area contributed by atoms with Gasteiger partial charge in [0.2, 0.25) is 0 Å². The SMILES string of the molecule is CCCCCCOC(CCCC)C(=O)OCCCCCCBr. The van der Waals surface area contributed by atoms with Crippen molar-refractivity contribution in [3.8, 4) is 0 Å². The zero-order valence-corrected chi connectivity index (χ0v) is 16.2. The highest BCUT2D eigenvalue weighted by molar-refractivity contribution is 9.09. The lowest BCUT2D eigenvalue weighted by Crippen LogP contribution is -2.27. The van der Waals surface area contributed by atoms with E-state index in [0.29, 0.717) is 13.2 Å². The Hall–Kier alpha value is -0.0900. The van der Waals surface area contributed by atoms with Crippen molar-refractivity contribution in [2.24, 2.45) is 0 Å². The van der Waals surface area contributed by atoms with Crippen LogP contribution in [0.2, 0.25) is 0 Å². The first kappa shape index (κ1) is 21.9. The smallest absolute Gasteiger partial charge is 0.335 e. The second-order valence-electron chi connectivity index (χ2n) is 5.83. The van der Waals surface area contributed by atoms with Crippen LogP contribution >= 0.6 is 15.9 Å². The molecule has 0 aliphatic heterocycles. The molecule has 0 rings (SSSR count). The number of rotatable bonds is 16. The molecule has 1 unspecified atom stereocenters. The minimum Gasteiger partial charge on any atom is -0.464 e. The highest BCUT2D eigenvalue weighted by Gasteiger charge is 2.19. The van der Waals surface area contributed by atoms with Crippen molar-refractivity contribution in [2.45, 2.75) is 90.6 Å². The summed E-state index contributed by atoms with van der Waals surface area (Å²) in [4.78, 5) is 12.1. The van der Waals surface area contributed by atoms with Crippen molar-refractivity contribution in [1.82, 2.24) is 0 Å². The molecule has 0 heterocycles. The molecule has 0 saturated heterocycles. The van der Waals surface area contributed by atoms with Crippen molar-refractivity contribution in [1.29, 1.82) is 0 Å². The summed E-state index contributed by atoms with van der Waals surface area (Å²) in [6.45, 7) is 5.53. The van der Waals surface area contributed by atoms with Crippen molar-refractivity contribution in [2.75, 3.05) is 18.5 Å². The number of hydrogen-bond donors (Lipinski definition) is 0. The first-order valence-corrected chi connectivity index (χ1v) is 10.2. The van der Waals surface area contributed by atoms with Crippen LogP contribution in [0.3, 0.4) is 0 Å². The average molecular weight is 379 g/mol. The number of esters is 1. The van der Waals surface area contributed by atoms with E-state index in [4.69, 9.17) is 9.47 Å². The summed E-state index contributed by atoms with van der Waals surface area (Å²) in [5, 5.41) is 1.05. The summed E-state index contributed by atoms with van der Waals surface area (Å²) >= 11 is 3.42. The van der Waals surface area contributed by atoms with Crippen LogP contribution in [-0.2, 0) is 14.3 Å². The van der Waals surface area contributed by atoms with Crippen LogP contribution < -0.4 is 0 Å². The fourth-order valence-corrected chi connectivity index (χ4v) is 2.63. The molecule has 0 fully saturated rings. The molecule has 0 aromatic rings. The van der Waals surface area contributed by atoms with Crippen LogP contribution in [0.1, 0.15) is 84.5 Å². The van der Waals surface area contributed by atoms with E-state index in [2.05, 4.69) is 29.8 Å². The molecule has 4 heteroatoms. The van der Waals surface area contributed by atoms with Crippen LogP contribution in [-0.4, -0.2) is 30.6 Å². The first-order valence-electron chi connectivity index (χ1n) is 9.10. The third kappa shape index (κ3) is 13.6. The molecule has 0 spiro atoms. The Balaban J connectivity index is 3.84. The van der Waals surface area contributed by atoms with E-state index in [1.165, 1.54) is 32.1 Å². The molecule has 0 aliphatic rings. The highest BCUT2D eigenvalue weighted by Crippen LogP contribution is 2.10. The maximum Gasteiger partial charge on any atom is 0.335 e. The third-order valence-electron chi connectivity index (χ3n) is 3.67. The van der Waals surface area contributed by atoms with Gasteiger partial charge < -0.3 is 9.47 Å². The molecule has 3 nitrogen and oxygen atoms in total. The van der Waals surface area contributed by atoms with Gasteiger partial charge in [-0.25, -0.2) is 4.79 Å². The number of halogens is 1. The zero-order valence-electron chi connectivity index (χ0n) is 14.6. The van der Waals surface area contributed by atoms with E-state index >= 15 is 0 Å². The minimum absolute atomic E-state index is 0.163. The molecular formula is C18H35BrO3. The molecule has 0 radical (unpaired) electrons. The highest BCUT2D eigenvalue weighted by atomic mass is 79.9. The van der Waals surface area contributed by atoms with Gasteiger partial charge in [0, 0.05) is 11.9 Å². The summed E-state index contributed by atoms with van der Waals surface area (Å²) in [7, 11) is 0. The van der Waals surface area contributed by atoms with Crippen LogP contribution in [0.15, 0.2) is 0 Å². The lowest BCUT2D eigenvalue weighted by atomic mass is 10.1. The molecule has 0 amide bonds. The van der Waals surface area contributed by atoms with Gasteiger partial charge in [-0.2, -0.15) is 0 Å². The fourth-order valence-electron chi connectivity index (χ4n) is 2.23. The van der Waals surface area contributed by atoms with Gasteiger partial charge in [-0.05, 0) is 25.7 Å². The van der Waals surface area contributed by atoms with Crippen molar-refractivity contribution >= 4 is 21.9 Å². The molecule has 1 atom stereocenters. The number of ether oxygens (including phenoxy) is 2. The number of hydrogen-bond acceptors (Lipinski definition) is 3. The second kappa shape index (κ2) is 17.3. The van der Waals surface area contributed by atoms with Crippen molar-refractivity contribution < 1.29 is 14.3 Å². The van der Waals surface area contributed by atoms with E-state index in [0.717, 1.165) is 43.9 Å². The van der Waals surface area contributed by atoms with Gasteiger partial charge in [0.15, 0.2) is 6.10 Å². The van der Waals surface area contributed by atoms with Crippen LogP contribution in [0.5, 0.6) is 0 Å². The number of alkyl halides is 1. The van der Waals surface area contributed by atoms with E-state index < -0.39 is 0 Å². The average Bonchev–Trinajstić information content (AvgIpc) is 2.53. The Kier molecular flexibility index (Phi) is 17.2. The number of unbranched alkanes of at least 4 members (excludes halogenated alkanes) is 7. The molecule has 132 valence electrons. The van der Waals surface area contributed by atoms with E-state index in [9.17, 15) is 4.79 Å². The van der Waals surface area contributed by atoms with Gasteiger partial charge in [0.1, 0.15) is 0 Å². The monoisotopic (exact) mass is 378 g/mol. The maximum absolute atomic E-state index is 12.1. The summed E-state index contributed by atoms with van der Waals surface area (Å²) in [5.74, 6) is -0.163. The molecule has 0 aliphatic carbocycles. The van der Waals surface area contributed by atoms with Gasteiger partial charge in [-0.3, -0.25) is 0 Å². The summed E-state index contributed by atoms with van der Waals surface area (Å²) < 4.78 is 11.2. The largest absolute Gasteiger partial charge is 0.464 e. The Morgan fingerprint density at radius 2 is 1.50 bits per heavy atom. The summed E-state index contributed by atoms with van der Waals surface area (Å²) in [6, 6.07) is 0. The van der Waals surface area contributed by atoms with Gasteiger partial charge >= 0.3 is 5.97 Å². The van der Waals surface area contributed by atoms with E-state index in [-0.39, 0.29) is 12.1 Å². The molecule has 0 N–H and O–H groups in total. The molecule has 0 saturated carbocycles. The number of carbonyl (C=O) groups excluding carboxylic acids is 1. The van der Waals surface area contributed by atoms with Crippen molar-refractivity contribution in [3.05, 3.63) is 0 Å². The van der Waals surface area contributed by atoms with Crippen LogP contribution in [0.25, 0.3) is 0 Å². The third-order valence-corrected chi connectivity index (χ3v) is 4.23. The quantitative estimate of drug-likeness (QED) is 0.198. The van der Waals surface area contributed by atoms with Gasteiger partial charge in [-0.1, -0.05) is 74.7 Å². The Bertz CT molecular complexity index is 246. The zero-order chi connectivity index (χ0) is 16.5. The maximum atomic E-state index is 12.1. The molecular weight excluding hydrogens is 344 g/mol. The molecule has 0 aromatic carbocycles. The fraction of sp³-hybridized carbons (Fsp3) is 0.944. The minimum atomic E-state index is -0.357. The molecule has 0 bridgehead atoms. The Morgan fingerprint density at radius 3 is 2.18 bits per heavy atom. The summed E-state index contributed by atoms with van der Waals surface area (Å²) in [5.41, 5.74) is 0.